The van der Waals surface area contributed by atoms with E-state index in [0.29, 0.717) is 11.6 Å². The average Bonchev–Trinajstić information content (AvgIpc) is 2.94. The summed E-state index contributed by atoms with van der Waals surface area (Å²) >= 11 is 7.31. The molecule has 5 nitrogen and oxygen atoms in total. The van der Waals surface area contributed by atoms with Crippen molar-refractivity contribution in [3.8, 4) is 0 Å². The first-order valence-corrected chi connectivity index (χ1v) is 7.68. The lowest BCUT2D eigenvalue weighted by molar-refractivity contribution is 0.0953. The largest absolute Gasteiger partial charge is 0.294 e. The first-order chi connectivity index (χ1) is 10.0. The van der Waals surface area contributed by atoms with Gasteiger partial charge in [-0.25, -0.2) is 10.8 Å². The normalized spacial score (nSPS) is 12.4. The van der Waals surface area contributed by atoms with Gasteiger partial charge >= 0.3 is 0 Å². The Morgan fingerprint density at radius 2 is 2.33 bits per heavy atom. The number of hydrogen-bond acceptors (Lipinski definition) is 5. The number of carbonyl (C=O) groups excluding carboxylic acids is 1. The standard InChI is InChI=1S/C14H17ClN4OS/c1-9(10-4-3-5-11(15)6-10)19(2)7-12-8-21-14(17-12)13(20)18-16/h3-6,8-9H,7,16H2,1-2H3,(H,18,20). The summed E-state index contributed by atoms with van der Waals surface area (Å²) in [6.07, 6.45) is 0. The molecule has 112 valence electrons. The number of nitrogens with one attached hydrogen (secondary N) is 1. The molecule has 1 atom stereocenters. The number of benzene rings is 1. The maximum Gasteiger partial charge on any atom is 0.294 e. The van der Waals surface area contributed by atoms with Crippen molar-refractivity contribution < 1.29 is 4.79 Å². The molecule has 0 aliphatic carbocycles. The Labute approximate surface area is 132 Å². The van der Waals surface area contributed by atoms with Crippen molar-refractivity contribution in [3.63, 3.8) is 0 Å². The van der Waals surface area contributed by atoms with Crippen LogP contribution in [0.15, 0.2) is 29.6 Å². The number of nitrogen functional groups attached to an aromatic ring is 1. The van der Waals surface area contributed by atoms with Gasteiger partial charge in [0.05, 0.1) is 5.69 Å². The molecule has 0 saturated carbocycles. The van der Waals surface area contributed by atoms with Gasteiger partial charge in [0.2, 0.25) is 0 Å². The molecule has 1 aromatic heterocycles. The number of thiazole rings is 1. The van der Waals surface area contributed by atoms with Crippen molar-refractivity contribution in [2.75, 3.05) is 7.05 Å². The molecule has 1 heterocycles. The van der Waals surface area contributed by atoms with Crippen LogP contribution in [0.2, 0.25) is 5.02 Å². The predicted octanol–water partition coefficient (Wildman–Crippen LogP) is 2.59. The SMILES string of the molecule is CC(c1cccc(Cl)c1)N(C)Cc1csc(C(=O)NN)n1. The number of halogens is 1. The topological polar surface area (TPSA) is 71.2 Å². The minimum absolute atomic E-state index is 0.192. The smallest absolute Gasteiger partial charge is 0.294 e. The van der Waals surface area contributed by atoms with Gasteiger partial charge in [0.15, 0.2) is 5.01 Å². The van der Waals surface area contributed by atoms with E-state index in [9.17, 15) is 4.79 Å². The van der Waals surface area contributed by atoms with Crippen molar-refractivity contribution in [2.45, 2.75) is 19.5 Å². The number of nitrogens with zero attached hydrogens (tertiary/aromatic N) is 2. The third kappa shape index (κ3) is 4.01. The van der Waals surface area contributed by atoms with Crippen LogP contribution in [0.25, 0.3) is 0 Å². The van der Waals surface area contributed by atoms with E-state index in [-0.39, 0.29) is 11.9 Å². The van der Waals surface area contributed by atoms with Gasteiger partial charge in [-0.3, -0.25) is 15.1 Å². The second kappa shape index (κ2) is 7.00. The number of hydrogen-bond donors (Lipinski definition) is 2. The molecule has 1 unspecified atom stereocenters. The van der Waals surface area contributed by atoms with Gasteiger partial charge in [-0.05, 0) is 31.7 Å². The molecule has 7 heteroatoms. The van der Waals surface area contributed by atoms with Gasteiger partial charge in [-0.2, -0.15) is 0 Å². The van der Waals surface area contributed by atoms with Gasteiger partial charge in [-0.15, -0.1) is 11.3 Å². The van der Waals surface area contributed by atoms with E-state index < -0.39 is 0 Å². The fourth-order valence-electron chi connectivity index (χ4n) is 1.96. The first-order valence-electron chi connectivity index (χ1n) is 6.42. The van der Waals surface area contributed by atoms with Crippen LogP contribution in [0.5, 0.6) is 0 Å². The van der Waals surface area contributed by atoms with Crippen LogP contribution in [0.1, 0.15) is 34.0 Å². The van der Waals surface area contributed by atoms with Crippen LogP contribution in [0.4, 0.5) is 0 Å². The van der Waals surface area contributed by atoms with E-state index >= 15 is 0 Å². The monoisotopic (exact) mass is 324 g/mol. The Kier molecular flexibility index (Phi) is 5.30. The fourth-order valence-corrected chi connectivity index (χ4v) is 2.87. The molecule has 0 radical (unpaired) electrons. The highest BCUT2D eigenvalue weighted by Gasteiger charge is 2.15. The minimum Gasteiger partial charge on any atom is -0.294 e. The molecular formula is C14H17ClN4OS. The fraction of sp³-hybridized carbons (Fsp3) is 0.286. The summed E-state index contributed by atoms with van der Waals surface area (Å²) in [5.74, 6) is 4.73. The van der Waals surface area contributed by atoms with Crippen molar-refractivity contribution in [3.05, 3.63) is 50.9 Å². The Balaban J connectivity index is 2.05. The maximum absolute atomic E-state index is 11.4. The highest BCUT2D eigenvalue weighted by atomic mass is 35.5. The van der Waals surface area contributed by atoms with Crippen molar-refractivity contribution in [1.29, 1.82) is 0 Å². The maximum atomic E-state index is 11.4. The van der Waals surface area contributed by atoms with Crippen LogP contribution in [0, 0.1) is 0 Å². The molecule has 3 N–H and O–H groups in total. The molecule has 0 aliphatic rings. The number of amides is 1. The van der Waals surface area contributed by atoms with E-state index in [0.717, 1.165) is 16.3 Å². The van der Waals surface area contributed by atoms with Crippen LogP contribution < -0.4 is 11.3 Å². The molecule has 1 aromatic carbocycles. The van der Waals surface area contributed by atoms with Crippen LogP contribution in [-0.2, 0) is 6.54 Å². The van der Waals surface area contributed by atoms with E-state index in [1.807, 2.05) is 36.7 Å². The van der Waals surface area contributed by atoms with Crippen LogP contribution >= 0.6 is 22.9 Å². The Morgan fingerprint density at radius 1 is 1.57 bits per heavy atom. The highest BCUT2D eigenvalue weighted by molar-refractivity contribution is 7.11. The van der Waals surface area contributed by atoms with Gasteiger partial charge in [0.25, 0.3) is 5.91 Å². The van der Waals surface area contributed by atoms with Gasteiger partial charge in [0, 0.05) is 23.0 Å². The summed E-state index contributed by atoms with van der Waals surface area (Å²) in [5.41, 5.74) is 4.07. The molecule has 21 heavy (non-hydrogen) atoms. The summed E-state index contributed by atoms with van der Waals surface area (Å²) in [6.45, 7) is 2.74. The van der Waals surface area contributed by atoms with E-state index in [4.69, 9.17) is 17.4 Å². The Morgan fingerprint density at radius 3 is 3.00 bits per heavy atom. The predicted molar refractivity (Wildman–Crippen MR) is 85.1 cm³/mol. The zero-order chi connectivity index (χ0) is 15.4. The third-order valence-electron chi connectivity index (χ3n) is 3.28. The van der Waals surface area contributed by atoms with E-state index in [1.54, 1.807) is 0 Å². The molecular weight excluding hydrogens is 308 g/mol. The third-order valence-corrected chi connectivity index (χ3v) is 4.41. The molecule has 2 aromatic rings. The van der Waals surface area contributed by atoms with Crippen LogP contribution in [0.3, 0.4) is 0 Å². The van der Waals surface area contributed by atoms with Gasteiger partial charge in [-0.1, -0.05) is 23.7 Å². The van der Waals surface area contributed by atoms with Gasteiger partial charge in [0.1, 0.15) is 0 Å². The highest BCUT2D eigenvalue weighted by Crippen LogP contribution is 2.23. The first kappa shape index (κ1) is 15.9. The molecule has 1 amide bonds. The molecule has 0 aliphatic heterocycles. The number of nitrogens with two attached hydrogens (primary N) is 1. The van der Waals surface area contributed by atoms with Crippen molar-refractivity contribution >= 4 is 28.8 Å². The zero-order valence-electron chi connectivity index (χ0n) is 11.8. The van der Waals surface area contributed by atoms with E-state index in [2.05, 4.69) is 22.2 Å². The minimum atomic E-state index is -0.364. The zero-order valence-corrected chi connectivity index (χ0v) is 13.4. The number of aromatic nitrogens is 1. The van der Waals surface area contributed by atoms with Crippen LogP contribution in [-0.4, -0.2) is 22.8 Å². The number of rotatable bonds is 5. The van der Waals surface area contributed by atoms with Crippen molar-refractivity contribution in [1.82, 2.24) is 15.3 Å². The lowest BCUT2D eigenvalue weighted by Gasteiger charge is -2.24. The lowest BCUT2D eigenvalue weighted by atomic mass is 10.1. The molecule has 0 fully saturated rings. The second-order valence-electron chi connectivity index (χ2n) is 4.76. The summed E-state index contributed by atoms with van der Waals surface area (Å²) < 4.78 is 0. The summed E-state index contributed by atoms with van der Waals surface area (Å²) in [5, 5.41) is 2.96. The Bertz CT molecular complexity index is 631. The number of carbonyl (C=O) groups is 1. The molecule has 0 saturated heterocycles. The number of hydrazine groups is 1. The average molecular weight is 325 g/mol. The summed E-state index contributed by atoms with van der Waals surface area (Å²) in [6, 6.07) is 7.99. The molecule has 0 bridgehead atoms. The summed E-state index contributed by atoms with van der Waals surface area (Å²) in [7, 11) is 2.01. The molecule has 2 rings (SSSR count). The van der Waals surface area contributed by atoms with E-state index in [1.165, 1.54) is 11.3 Å². The van der Waals surface area contributed by atoms with Gasteiger partial charge < -0.3 is 0 Å². The lowest BCUT2D eigenvalue weighted by Crippen LogP contribution is -2.30. The summed E-state index contributed by atoms with van der Waals surface area (Å²) in [4.78, 5) is 17.8. The second-order valence-corrected chi connectivity index (χ2v) is 6.06. The molecule has 0 spiro atoms. The Hall–Kier alpha value is -1.47. The van der Waals surface area contributed by atoms with Crippen molar-refractivity contribution in [2.24, 2.45) is 5.84 Å². The quantitative estimate of drug-likeness (QED) is 0.504.